The molecule has 1 atom stereocenters. The molecule has 0 aliphatic carbocycles. The first-order valence-electron chi connectivity index (χ1n) is 7.33. The Morgan fingerprint density at radius 1 is 1.17 bits per heavy atom. The lowest BCUT2D eigenvalue weighted by molar-refractivity contribution is 0.0935. The largest absolute Gasteiger partial charge is 0.380 e. The van der Waals surface area contributed by atoms with Gasteiger partial charge in [-0.05, 0) is 42.7 Å². The summed E-state index contributed by atoms with van der Waals surface area (Å²) in [6, 6.07) is 12.7. The van der Waals surface area contributed by atoms with Crippen LogP contribution in [0.1, 0.15) is 28.4 Å². The van der Waals surface area contributed by atoms with Crippen LogP contribution in [0.5, 0.6) is 0 Å². The predicted octanol–water partition coefficient (Wildman–Crippen LogP) is 4.50. The van der Waals surface area contributed by atoms with Crippen LogP contribution in [0.2, 0.25) is 10.0 Å². The van der Waals surface area contributed by atoms with Gasteiger partial charge in [-0.3, -0.25) is 4.79 Å². The van der Waals surface area contributed by atoms with Crippen molar-refractivity contribution in [2.45, 2.75) is 26.0 Å². The second kappa shape index (κ2) is 8.34. The highest BCUT2D eigenvalue weighted by Gasteiger charge is 2.14. The van der Waals surface area contributed by atoms with Crippen LogP contribution in [-0.4, -0.2) is 19.1 Å². The van der Waals surface area contributed by atoms with Crippen LogP contribution < -0.4 is 5.32 Å². The van der Waals surface area contributed by atoms with E-state index in [2.05, 4.69) is 5.32 Å². The van der Waals surface area contributed by atoms with Gasteiger partial charge in [0, 0.05) is 28.8 Å². The van der Waals surface area contributed by atoms with Gasteiger partial charge in [0.15, 0.2) is 0 Å². The van der Waals surface area contributed by atoms with Crippen molar-refractivity contribution in [3.8, 4) is 0 Å². The monoisotopic (exact) mass is 351 g/mol. The van der Waals surface area contributed by atoms with Crippen molar-refractivity contribution in [3.63, 3.8) is 0 Å². The molecular weight excluding hydrogens is 333 g/mol. The number of ether oxygens (including phenoxy) is 1. The van der Waals surface area contributed by atoms with Crippen molar-refractivity contribution in [3.05, 3.63) is 69.2 Å². The standard InChI is InChI=1S/C18H19Cl2NO2/c1-12(9-13-7-8-15(19)10-17(13)20)21-18(22)16-6-4-3-5-14(16)11-23-2/h3-8,10,12H,9,11H2,1-2H3,(H,21,22). The van der Waals surface area contributed by atoms with Gasteiger partial charge in [0.2, 0.25) is 0 Å². The minimum absolute atomic E-state index is 0.0585. The predicted molar refractivity (Wildman–Crippen MR) is 94.2 cm³/mol. The highest BCUT2D eigenvalue weighted by molar-refractivity contribution is 6.35. The van der Waals surface area contributed by atoms with Crippen LogP contribution in [0.4, 0.5) is 0 Å². The molecule has 2 aromatic rings. The lowest BCUT2D eigenvalue weighted by atomic mass is 10.0. The number of amides is 1. The van der Waals surface area contributed by atoms with Gasteiger partial charge in [0.25, 0.3) is 5.91 Å². The van der Waals surface area contributed by atoms with Crippen molar-refractivity contribution >= 4 is 29.1 Å². The first kappa shape index (κ1) is 17.8. The molecule has 5 heteroatoms. The van der Waals surface area contributed by atoms with E-state index in [0.717, 1.165) is 11.1 Å². The van der Waals surface area contributed by atoms with E-state index in [4.69, 9.17) is 27.9 Å². The second-order valence-corrected chi connectivity index (χ2v) is 6.25. The smallest absolute Gasteiger partial charge is 0.251 e. The van der Waals surface area contributed by atoms with E-state index in [0.29, 0.717) is 28.6 Å². The molecule has 23 heavy (non-hydrogen) atoms. The number of benzene rings is 2. The molecule has 0 saturated carbocycles. The molecule has 0 aromatic heterocycles. The van der Waals surface area contributed by atoms with Gasteiger partial charge >= 0.3 is 0 Å². The molecule has 0 fully saturated rings. The molecule has 2 aromatic carbocycles. The minimum atomic E-state index is -0.116. The fourth-order valence-electron chi connectivity index (χ4n) is 2.39. The number of hydrogen-bond acceptors (Lipinski definition) is 2. The maximum atomic E-state index is 12.5. The van der Waals surface area contributed by atoms with Crippen molar-refractivity contribution in [2.24, 2.45) is 0 Å². The van der Waals surface area contributed by atoms with Crippen molar-refractivity contribution in [1.82, 2.24) is 5.32 Å². The number of carbonyl (C=O) groups excluding carboxylic acids is 1. The summed E-state index contributed by atoms with van der Waals surface area (Å²) in [5, 5.41) is 4.21. The maximum absolute atomic E-state index is 12.5. The zero-order valence-corrected chi connectivity index (χ0v) is 14.6. The number of methoxy groups -OCH3 is 1. The van der Waals surface area contributed by atoms with E-state index >= 15 is 0 Å². The van der Waals surface area contributed by atoms with Crippen molar-refractivity contribution in [2.75, 3.05) is 7.11 Å². The zero-order chi connectivity index (χ0) is 16.8. The third-order valence-electron chi connectivity index (χ3n) is 3.48. The van der Waals surface area contributed by atoms with Gasteiger partial charge in [-0.15, -0.1) is 0 Å². The van der Waals surface area contributed by atoms with E-state index in [1.165, 1.54) is 0 Å². The van der Waals surface area contributed by atoms with E-state index in [-0.39, 0.29) is 11.9 Å². The van der Waals surface area contributed by atoms with Gasteiger partial charge in [-0.2, -0.15) is 0 Å². The minimum Gasteiger partial charge on any atom is -0.380 e. The molecule has 1 N–H and O–H groups in total. The summed E-state index contributed by atoms with van der Waals surface area (Å²) in [5.41, 5.74) is 2.45. The van der Waals surface area contributed by atoms with Crippen LogP contribution in [0.15, 0.2) is 42.5 Å². The van der Waals surface area contributed by atoms with E-state index < -0.39 is 0 Å². The molecule has 2 rings (SSSR count). The van der Waals surface area contributed by atoms with Crippen molar-refractivity contribution < 1.29 is 9.53 Å². The number of rotatable bonds is 6. The Morgan fingerprint density at radius 2 is 1.91 bits per heavy atom. The number of nitrogens with one attached hydrogen (secondary N) is 1. The molecule has 1 amide bonds. The molecule has 0 aliphatic rings. The molecule has 0 heterocycles. The fourth-order valence-corrected chi connectivity index (χ4v) is 2.88. The Kier molecular flexibility index (Phi) is 6.46. The van der Waals surface area contributed by atoms with Gasteiger partial charge in [-0.1, -0.05) is 47.5 Å². The average molecular weight is 352 g/mol. The fraction of sp³-hybridized carbons (Fsp3) is 0.278. The number of carbonyl (C=O) groups is 1. The lowest BCUT2D eigenvalue weighted by Gasteiger charge is -2.16. The Bertz CT molecular complexity index is 688. The van der Waals surface area contributed by atoms with Crippen LogP contribution in [-0.2, 0) is 17.8 Å². The SMILES string of the molecule is COCc1ccccc1C(=O)NC(C)Cc1ccc(Cl)cc1Cl. The third-order valence-corrected chi connectivity index (χ3v) is 4.07. The molecule has 0 saturated heterocycles. The third kappa shape index (κ3) is 4.96. The first-order chi connectivity index (χ1) is 11.0. The lowest BCUT2D eigenvalue weighted by Crippen LogP contribution is -2.34. The van der Waals surface area contributed by atoms with Crippen LogP contribution in [0, 0.1) is 0 Å². The van der Waals surface area contributed by atoms with Crippen LogP contribution in [0.3, 0.4) is 0 Å². The molecule has 122 valence electrons. The van der Waals surface area contributed by atoms with E-state index in [1.807, 2.05) is 31.2 Å². The molecule has 0 bridgehead atoms. The summed E-state index contributed by atoms with van der Waals surface area (Å²) in [6.45, 7) is 2.35. The summed E-state index contributed by atoms with van der Waals surface area (Å²) in [7, 11) is 1.61. The zero-order valence-electron chi connectivity index (χ0n) is 13.1. The highest BCUT2D eigenvalue weighted by Crippen LogP contribution is 2.22. The Hall–Kier alpha value is -1.55. The van der Waals surface area contributed by atoms with E-state index in [9.17, 15) is 4.79 Å². The first-order valence-corrected chi connectivity index (χ1v) is 8.08. The second-order valence-electron chi connectivity index (χ2n) is 5.40. The maximum Gasteiger partial charge on any atom is 0.251 e. The molecule has 0 aliphatic heterocycles. The van der Waals surface area contributed by atoms with Crippen LogP contribution in [0.25, 0.3) is 0 Å². The van der Waals surface area contributed by atoms with Gasteiger partial charge in [0.05, 0.1) is 6.61 Å². The molecular formula is C18H19Cl2NO2. The quantitative estimate of drug-likeness (QED) is 0.831. The highest BCUT2D eigenvalue weighted by atomic mass is 35.5. The van der Waals surface area contributed by atoms with Crippen LogP contribution >= 0.6 is 23.2 Å². The molecule has 3 nitrogen and oxygen atoms in total. The van der Waals surface area contributed by atoms with Crippen molar-refractivity contribution in [1.29, 1.82) is 0 Å². The Labute approximate surface area is 146 Å². The Balaban J connectivity index is 2.05. The Morgan fingerprint density at radius 3 is 2.61 bits per heavy atom. The molecule has 0 radical (unpaired) electrons. The topological polar surface area (TPSA) is 38.3 Å². The summed E-state index contributed by atoms with van der Waals surface area (Å²) in [6.07, 6.45) is 0.633. The normalized spacial score (nSPS) is 12.0. The number of halogens is 2. The number of hydrogen-bond donors (Lipinski definition) is 1. The van der Waals surface area contributed by atoms with E-state index in [1.54, 1.807) is 25.3 Å². The summed E-state index contributed by atoms with van der Waals surface area (Å²) >= 11 is 12.1. The summed E-state index contributed by atoms with van der Waals surface area (Å²) in [5.74, 6) is -0.116. The van der Waals surface area contributed by atoms with Gasteiger partial charge in [-0.25, -0.2) is 0 Å². The summed E-state index contributed by atoms with van der Waals surface area (Å²) < 4.78 is 5.14. The molecule has 1 unspecified atom stereocenters. The average Bonchev–Trinajstić information content (AvgIpc) is 2.51. The van der Waals surface area contributed by atoms with Gasteiger partial charge in [0.1, 0.15) is 0 Å². The molecule has 0 spiro atoms. The summed E-state index contributed by atoms with van der Waals surface area (Å²) in [4.78, 5) is 12.5. The van der Waals surface area contributed by atoms with Gasteiger partial charge < -0.3 is 10.1 Å².